The highest BCUT2D eigenvalue weighted by molar-refractivity contribution is 5.70. The normalized spacial score (nSPS) is 12.0. The molecule has 0 amide bonds. The summed E-state index contributed by atoms with van der Waals surface area (Å²) in [5, 5.41) is 0. The maximum atomic E-state index is 12.1. The molecule has 0 bridgehead atoms. The lowest BCUT2D eigenvalue weighted by molar-refractivity contribution is -0.150. The Labute approximate surface area is 160 Å². The van der Waals surface area contributed by atoms with Crippen LogP contribution in [0.2, 0.25) is 0 Å². The van der Waals surface area contributed by atoms with Gasteiger partial charge < -0.3 is 14.2 Å². The average molecular weight is 373 g/mol. The van der Waals surface area contributed by atoms with Crippen LogP contribution in [0.3, 0.4) is 0 Å². The molecule has 1 unspecified atom stereocenters. The van der Waals surface area contributed by atoms with Crippen molar-refractivity contribution in [2.45, 2.75) is 103 Å². The Morgan fingerprint density at radius 3 is 2.04 bits per heavy atom. The number of ether oxygens (including phenoxy) is 3. The summed E-state index contributed by atoms with van der Waals surface area (Å²) in [6.07, 6.45) is 11.6. The lowest BCUT2D eigenvalue weighted by Gasteiger charge is -2.18. The highest BCUT2D eigenvalue weighted by Crippen LogP contribution is 2.15. The van der Waals surface area contributed by atoms with Crippen LogP contribution in [0, 0.1) is 0 Å². The lowest BCUT2D eigenvalue weighted by atomic mass is 10.1. The molecule has 0 rings (SSSR count). The molecule has 0 saturated carbocycles. The largest absolute Gasteiger partial charge is 0.466 e. The fourth-order valence-corrected chi connectivity index (χ4v) is 2.76. The molecule has 0 aromatic rings. The Balaban J connectivity index is 3.89. The number of esters is 2. The van der Waals surface area contributed by atoms with E-state index in [0.29, 0.717) is 26.1 Å². The number of carbonyl (C=O) groups excluding carboxylic acids is 2. The average Bonchev–Trinajstić information content (AvgIpc) is 2.63. The second-order valence-corrected chi connectivity index (χ2v) is 6.88. The fourth-order valence-electron chi connectivity index (χ4n) is 2.76. The zero-order chi connectivity index (χ0) is 19.5. The Kier molecular flexibility index (Phi) is 17.9. The predicted octanol–water partition coefficient (Wildman–Crippen LogP) is 5.20. The molecular weight excluding hydrogens is 332 g/mol. The van der Waals surface area contributed by atoms with Gasteiger partial charge in [0, 0.05) is 26.6 Å². The lowest BCUT2D eigenvalue weighted by Crippen LogP contribution is -2.19. The molecule has 0 saturated heterocycles. The number of methoxy groups -OCH3 is 1. The van der Waals surface area contributed by atoms with E-state index >= 15 is 0 Å². The Hall–Kier alpha value is -1.10. The summed E-state index contributed by atoms with van der Waals surface area (Å²) in [6.45, 7) is 5.37. The molecule has 0 aliphatic heterocycles. The molecule has 0 aliphatic carbocycles. The van der Waals surface area contributed by atoms with Crippen LogP contribution in [0.15, 0.2) is 0 Å². The van der Waals surface area contributed by atoms with Gasteiger partial charge in [0.15, 0.2) is 0 Å². The summed E-state index contributed by atoms with van der Waals surface area (Å²) in [7, 11) is 1.69. The van der Waals surface area contributed by atoms with Crippen LogP contribution >= 0.6 is 0 Å². The van der Waals surface area contributed by atoms with Crippen molar-refractivity contribution in [3.05, 3.63) is 0 Å². The maximum absolute atomic E-state index is 12.1. The SMILES string of the molecule is CCCCCCC(CCCOC)OC(=O)CCCCCC(=O)OCCC. The van der Waals surface area contributed by atoms with Gasteiger partial charge in [-0.2, -0.15) is 0 Å². The molecule has 0 fully saturated rings. The number of carbonyl (C=O) groups is 2. The molecule has 5 nitrogen and oxygen atoms in total. The third-order valence-electron chi connectivity index (χ3n) is 4.28. The van der Waals surface area contributed by atoms with Crippen LogP contribution in [-0.2, 0) is 23.8 Å². The van der Waals surface area contributed by atoms with Gasteiger partial charge in [0.05, 0.1) is 6.61 Å². The molecule has 0 spiro atoms. The maximum Gasteiger partial charge on any atom is 0.306 e. The zero-order valence-corrected chi connectivity index (χ0v) is 17.2. The van der Waals surface area contributed by atoms with E-state index < -0.39 is 0 Å². The molecule has 0 aromatic heterocycles. The van der Waals surface area contributed by atoms with Gasteiger partial charge in [-0.15, -0.1) is 0 Å². The standard InChI is InChI=1S/C21H40O5/c1-4-6-7-9-13-19(14-12-18-24-3)26-21(23)16-11-8-10-15-20(22)25-17-5-2/h19H,4-18H2,1-3H3. The number of rotatable bonds is 18. The van der Waals surface area contributed by atoms with E-state index in [0.717, 1.165) is 51.4 Å². The summed E-state index contributed by atoms with van der Waals surface area (Å²) in [4.78, 5) is 23.5. The molecule has 26 heavy (non-hydrogen) atoms. The first-order chi connectivity index (χ1) is 12.6. The van der Waals surface area contributed by atoms with Crippen molar-refractivity contribution in [3.8, 4) is 0 Å². The van der Waals surface area contributed by atoms with Crippen LogP contribution < -0.4 is 0 Å². The predicted molar refractivity (Wildman–Crippen MR) is 104 cm³/mol. The van der Waals surface area contributed by atoms with Gasteiger partial charge in [-0.3, -0.25) is 9.59 Å². The van der Waals surface area contributed by atoms with Crippen molar-refractivity contribution in [2.24, 2.45) is 0 Å². The second kappa shape index (κ2) is 18.7. The third-order valence-corrected chi connectivity index (χ3v) is 4.28. The summed E-state index contributed by atoms with van der Waals surface area (Å²) < 4.78 is 15.8. The molecular formula is C21H40O5. The van der Waals surface area contributed by atoms with E-state index in [1.54, 1.807) is 7.11 Å². The minimum Gasteiger partial charge on any atom is -0.466 e. The van der Waals surface area contributed by atoms with Crippen molar-refractivity contribution in [1.29, 1.82) is 0 Å². The third kappa shape index (κ3) is 16.4. The van der Waals surface area contributed by atoms with Crippen molar-refractivity contribution in [2.75, 3.05) is 20.3 Å². The van der Waals surface area contributed by atoms with Crippen molar-refractivity contribution < 1.29 is 23.8 Å². The smallest absolute Gasteiger partial charge is 0.306 e. The Bertz CT molecular complexity index is 343. The van der Waals surface area contributed by atoms with Gasteiger partial charge in [-0.05, 0) is 44.9 Å². The van der Waals surface area contributed by atoms with E-state index in [2.05, 4.69) is 6.92 Å². The quantitative estimate of drug-likeness (QED) is 0.244. The first kappa shape index (κ1) is 24.9. The minimum absolute atomic E-state index is 0.0125. The topological polar surface area (TPSA) is 61.8 Å². The van der Waals surface area contributed by atoms with E-state index in [4.69, 9.17) is 14.2 Å². The van der Waals surface area contributed by atoms with E-state index in [-0.39, 0.29) is 18.0 Å². The molecule has 154 valence electrons. The van der Waals surface area contributed by atoms with E-state index in [1.165, 1.54) is 19.3 Å². The van der Waals surface area contributed by atoms with E-state index in [9.17, 15) is 9.59 Å². The summed E-state index contributed by atoms with van der Waals surface area (Å²) >= 11 is 0. The highest BCUT2D eigenvalue weighted by Gasteiger charge is 2.14. The Morgan fingerprint density at radius 2 is 1.38 bits per heavy atom. The van der Waals surface area contributed by atoms with E-state index in [1.807, 2.05) is 6.92 Å². The minimum atomic E-state index is -0.139. The first-order valence-corrected chi connectivity index (χ1v) is 10.5. The summed E-state index contributed by atoms with van der Waals surface area (Å²) in [5.74, 6) is -0.254. The van der Waals surface area contributed by atoms with Crippen LogP contribution in [0.4, 0.5) is 0 Å². The monoisotopic (exact) mass is 372 g/mol. The fraction of sp³-hybridized carbons (Fsp3) is 0.905. The van der Waals surface area contributed by atoms with Gasteiger partial charge in [0.2, 0.25) is 0 Å². The van der Waals surface area contributed by atoms with Gasteiger partial charge in [0.25, 0.3) is 0 Å². The number of hydrogen-bond donors (Lipinski definition) is 0. The van der Waals surface area contributed by atoms with Crippen molar-refractivity contribution in [3.63, 3.8) is 0 Å². The summed E-state index contributed by atoms with van der Waals surface area (Å²) in [5.41, 5.74) is 0. The van der Waals surface area contributed by atoms with Crippen molar-refractivity contribution >= 4 is 11.9 Å². The van der Waals surface area contributed by atoms with Crippen LogP contribution in [0.5, 0.6) is 0 Å². The molecule has 0 N–H and O–H groups in total. The molecule has 1 atom stereocenters. The molecule has 5 heteroatoms. The molecule has 0 aliphatic rings. The van der Waals surface area contributed by atoms with Gasteiger partial charge in [-0.25, -0.2) is 0 Å². The molecule has 0 heterocycles. The zero-order valence-electron chi connectivity index (χ0n) is 17.2. The Morgan fingerprint density at radius 1 is 0.731 bits per heavy atom. The van der Waals surface area contributed by atoms with Crippen LogP contribution in [-0.4, -0.2) is 38.4 Å². The first-order valence-electron chi connectivity index (χ1n) is 10.5. The van der Waals surface area contributed by atoms with Gasteiger partial charge in [0.1, 0.15) is 6.10 Å². The summed E-state index contributed by atoms with van der Waals surface area (Å²) in [6, 6.07) is 0. The van der Waals surface area contributed by atoms with Crippen LogP contribution in [0.25, 0.3) is 0 Å². The highest BCUT2D eigenvalue weighted by atomic mass is 16.5. The number of hydrogen-bond acceptors (Lipinski definition) is 5. The molecule has 0 radical (unpaired) electrons. The van der Waals surface area contributed by atoms with Crippen molar-refractivity contribution in [1.82, 2.24) is 0 Å². The van der Waals surface area contributed by atoms with Crippen LogP contribution in [0.1, 0.15) is 97.3 Å². The van der Waals surface area contributed by atoms with Gasteiger partial charge >= 0.3 is 11.9 Å². The molecule has 0 aromatic carbocycles. The second-order valence-electron chi connectivity index (χ2n) is 6.88. The van der Waals surface area contributed by atoms with Gasteiger partial charge in [-0.1, -0.05) is 39.5 Å². The number of unbranched alkanes of at least 4 members (excludes halogenated alkanes) is 5.